The van der Waals surface area contributed by atoms with Crippen LogP contribution in [0.2, 0.25) is 0 Å². The van der Waals surface area contributed by atoms with Crippen molar-refractivity contribution in [3.05, 3.63) is 83.2 Å². The zero-order chi connectivity index (χ0) is 26.6. The summed E-state index contributed by atoms with van der Waals surface area (Å²) >= 11 is 1.46. The number of sulfonamides is 1. The van der Waals surface area contributed by atoms with Crippen LogP contribution in [0.1, 0.15) is 53.7 Å². The Morgan fingerprint density at radius 2 is 1.68 bits per heavy atom. The number of thiazole rings is 1. The summed E-state index contributed by atoms with van der Waals surface area (Å²) < 4.78 is 28.8. The van der Waals surface area contributed by atoms with Crippen LogP contribution in [0.5, 0.6) is 0 Å². The van der Waals surface area contributed by atoms with Gasteiger partial charge in [0.2, 0.25) is 10.0 Å². The minimum atomic E-state index is -3.63. The molecule has 0 radical (unpaired) electrons. The van der Waals surface area contributed by atoms with E-state index in [9.17, 15) is 13.2 Å². The van der Waals surface area contributed by atoms with Crippen molar-refractivity contribution in [2.75, 3.05) is 18.0 Å². The highest BCUT2D eigenvalue weighted by Crippen LogP contribution is 2.33. The van der Waals surface area contributed by atoms with E-state index in [1.165, 1.54) is 27.8 Å². The number of fused-ring (bicyclic) bond motifs is 1. The second kappa shape index (κ2) is 11.5. The highest BCUT2D eigenvalue weighted by atomic mass is 32.2. The molecule has 0 spiro atoms. The second-order valence-electron chi connectivity index (χ2n) is 9.03. The Balaban J connectivity index is 1.70. The van der Waals surface area contributed by atoms with E-state index in [-0.39, 0.29) is 10.8 Å². The Labute approximate surface area is 222 Å². The summed E-state index contributed by atoms with van der Waals surface area (Å²) in [7, 11) is -3.63. The van der Waals surface area contributed by atoms with Crippen LogP contribution < -0.4 is 4.90 Å². The number of carbonyl (C=O) groups is 1. The summed E-state index contributed by atoms with van der Waals surface area (Å²) in [5, 5.41) is 0.589. The first-order chi connectivity index (χ1) is 17.8. The molecule has 194 valence electrons. The van der Waals surface area contributed by atoms with E-state index in [0.717, 1.165) is 39.7 Å². The highest BCUT2D eigenvalue weighted by Gasteiger charge is 2.26. The molecule has 2 heterocycles. The first-order valence-corrected chi connectivity index (χ1v) is 14.7. The normalized spacial score (nSPS) is 11.8. The molecule has 0 unspecified atom stereocenters. The van der Waals surface area contributed by atoms with E-state index in [1.54, 1.807) is 29.4 Å². The summed E-state index contributed by atoms with van der Waals surface area (Å²) in [6, 6.07) is 14.1. The standard InChI is InChI=1S/C28H32N4O3S2/c1-5-16-31(17-6-2)37(34,35)24-12-10-23(11-13-24)27(33)32(19-22-8-7-15-29-18-22)28-30-26-21(4)20(3)9-14-25(26)36-28/h7-15,18H,5-6,16-17,19H2,1-4H3. The smallest absolute Gasteiger partial charge is 0.260 e. The van der Waals surface area contributed by atoms with Gasteiger partial charge in [0.05, 0.1) is 21.7 Å². The average Bonchev–Trinajstić information content (AvgIpc) is 3.34. The van der Waals surface area contributed by atoms with E-state index in [2.05, 4.69) is 11.1 Å². The van der Waals surface area contributed by atoms with Gasteiger partial charge in [0.1, 0.15) is 0 Å². The minimum Gasteiger partial charge on any atom is -0.279 e. The maximum absolute atomic E-state index is 13.8. The van der Waals surface area contributed by atoms with Gasteiger partial charge in [-0.15, -0.1) is 0 Å². The third-order valence-corrected chi connectivity index (χ3v) is 9.25. The van der Waals surface area contributed by atoms with Crippen LogP contribution in [-0.2, 0) is 16.6 Å². The first-order valence-electron chi connectivity index (χ1n) is 12.4. The zero-order valence-corrected chi connectivity index (χ0v) is 23.3. The van der Waals surface area contributed by atoms with Crippen LogP contribution >= 0.6 is 11.3 Å². The van der Waals surface area contributed by atoms with Crippen LogP contribution in [0.15, 0.2) is 65.8 Å². The van der Waals surface area contributed by atoms with E-state index in [4.69, 9.17) is 4.98 Å². The van der Waals surface area contributed by atoms with Crippen LogP contribution in [0.3, 0.4) is 0 Å². The van der Waals surface area contributed by atoms with Crippen LogP contribution in [0.4, 0.5) is 5.13 Å². The molecule has 2 aromatic carbocycles. The van der Waals surface area contributed by atoms with Gasteiger partial charge in [-0.1, -0.05) is 37.3 Å². The fourth-order valence-electron chi connectivity index (χ4n) is 4.16. The molecule has 4 rings (SSSR count). The third kappa shape index (κ3) is 5.74. The molecule has 0 saturated heterocycles. The lowest BCUT2D eigenvalue weighted by molar-refractivity contribution is 0.0985. The van der Waals surface area contributed by atoms with Crippen molar-refractivity contribution in [1.29, 1.82) is 0 Å². The van der Waals surface area contributed by atoms with Crippen LogP contribution in [-0.4, -0.2) is 41.7 Å². The number of benzene rings is 2. The summed E-state index contributed by atoms with van der Waals surface area (Å²) in [6.45, 7) is 9.23. The Kier molecular flexibility index (Phi) is 8.36. The zero-order valence-electron chi connectivity index (χ0n) is 21.6. The Morgan fingerprint density at radius 1 is 0.973 bits per heavy atom. The Morgan fingerprint density at radius 3 is 2.30 bits per heavy atom. The predicted octanol–water partition coefficient (Wildman–Crippen LogP) is 5.97. The van der Waals surface area contributed by atoms with Gasteiger partial charge < -0.3 is 0 Å². The van der Waals surface area contributed by atoms with Crippen molar-refractivity contribution in [3.8, 4) is 0 Å². The fourth-order valence-corrected chi connectivity index (χ4v) is 6.80. The van der Waals surface area contributed by atoms with Gasteiger partial charge in [-0.05, 0) is 79.8 Å². The maximum atomic E-state index is 13.8. The van der Waals surface area contributed by atoms with Crippen molar-refractivity contribution in [3.63, 3.8) is 0 Å². The topological polar surface area (TPSA) is 83.5 Å². The Bertz CT molecular complexity index is 1480. The number of hydrogen-bond acceptors (Lipinski definition) is 6. The summed E-state index contributed by atoms with van der Waals surface area (Å²) in [6.07, 6.45) is 4.90. The van der Waals surface area contributed by atoms with E-state index >= 15 is 0 Å². The molecule has 0 aliphatic rings. The Hall–Kier alpha value is -3.14. The first kappa shape index (κ1) is 26.9. The van der Waals surface area contributed by atoms with Crippen molar-refractivity contribution >= 4 is 42.6 Å². The highest BCUT2D eigenvalue weighted by molar-refractivity contribution is 7.89. The van der Waals surface area contributed by atoms with Gasteiger partial charge >= 0.3 is 0 Å². The van der Waals surface area contributed by atoms with Gasteiger partial charge in [0.15, 0.2) is 5.13 Å². The molecule has 7 nitrogen and oxygen atoms in total. The quantitative estimate of drug-likeness (QED) is 0.249. The molecule has 9 heteroatoms. The van der Waals surface area contributed by atoms with Crippen molar-refractivity contribution in [2.24, 2.45) is 0 Å². The van der Waals surface area contributed by atoms with Gasteiger partial charge in [0, 0.05) is 31.0 Å². The number of amides is 1. The molecule has 0 N–H and O–H groups in total. The van der Waals surface area contributed by atoms with Crippen molar-refractivity contribution in [1.82, 2.24) is 14.3 Å². The van der Waals surface area contributed by atoms with E-state index < -0.39 is 10.0 Å². The number of nitrogens with zero attached hydrogens (tertiary/aromatic N) is 4. The molecule has 37 heavy (non-hydrogen) atoms. The number of rotatable bonds is 10. The summed E-state index contributed by atoms with van der Waals surface area (Å²) in [4.78, 5) is 24.6. The second-order valence-corrected chi connectivity index (χ2v) is 12.0. The van der Waals surface area contributed by atoms with E-state index in [1.807, 2.05) is 45.9 Å². The van der Waals surface area contributed by atoms with Gasteiger partial charge in [-0.3, -0.25) is 14.7 Å². The summed E-state index contributed by atoms with van der Waals surface area (Å²) in [5.74, 6) is -0.250. The largest absolute Gasteiger partial charge is 0.279 e. The number of hydrogen-bond donors (Lipinski definition) is 0. The molecule has 0 aliphatic carbocycles. The lowest BCUT2D eigenvalue weighted by Gasteiger charge is -2.22. The number of aryl methyl sites for hydroxylation is 2. The van der Waals surface area contributed by atoms with Crippen LogP contribution in [0, 0.1) is 13.8 Å². The molecular weight excluding hydrogens is 504 g/mol. The van der Waals surface area contributed by atoms with Gasteiger partial charge in [-0.2, -0.15) is 4.31 Å². The molecule has 0 bridgehead atoms. The molecule has 1 amide bonds. The SMILES string of the molecule is CCCN(CCC)S(=O)(=O)c1ccc(C(=O)N(Cc2cccnc2)c2nc3c(C)c(C)ccc3s2)cc1. The number of carbonyl (C=O) groups excluding carboxylic acids is 1. The number of aromatic nitrogens is 2. The van der Waals surface area contributed by atoms with E-state index in [0.29, 0.717) is 30.3 Å². The average molecular weight is 537 g/mol. The third-order valence-electron chi connectivity index (χ3n) is 6.30. The van der Waals surface area contributed by atoms with Crippen molar-refractivity contribution in [2.45, 2.75) is 52.0 Å². The van der Waals surface area contributed by atoms with Crippen molar-refractivity contribution < 1.29 is 13.2 Å². The van der Waals surface area contributed by atoms with Gasteiger partial charge in [-0.25, -0.2) is 13.4 Å². The molecular formula is C28H32N4O3S2. The summed E-state index contributed by atoms with van der Waals surface area (Å²) in [5.41, 5.74) is 4.39. The maximum Gasteiger partial charge on any atom is 0.260 e. The minimum absolute atomic E-state index is 0.191. The van der Waals surface area contributed by atoms with Crippen LogP contribution in [0.25, 0.3) is 10.2 Å². The molecule has 0 saturated carbocycles. The monoisotopic (exact) mass is 536 g/mol. The van der Waals surface area contributed by atoms with Gasteiger partial charge in [0.25, 0.3) is 5.91 Å². The number of pyridine rings is 1. The predicted molar refractivity (Wildman–Crippen MR) is 150 cm³/mol. The molecule has 4 aromatic rings. The lowest BCUT2D eigenvalue weighted by atomic mass is 10.1. The molecule has 0 fully saturated rings. The number of anilines is 1. The molecule has 0 aliphatic heterocycles. The fraction of sp³-hybridized carbons (Fsp3) is 0.321. The molecule has 2 aromatic heterocycles. The molecule has 0 atom stereocenters. The lowest BCUT2D eigenvalue weighted by Crippen LogP contribution is -2.33.